The number of benzene rings is 1. The van der Waals surface area contributed by atoms with Crippen LogP contribution >= 0.6 is 0 Å². The predicted molar refractivity (Wildman–Crippen MR) is 88.2 cm³/mol. The minimum Gasteiger partial charge on any atom is -0.477 e. The first-order chi connectivity index (χ1) is 10.6. The molecule has 2 aromatic rings. The molecule has 0 fully saturated rings. The molecule has 0 saturated carbocycles. The van der Waals surface area contributed by atoms with Gasteiger partial charge in [0, 0.05) is 18.1 Å². The highest BCUT2D eigenvalue weighted by Crippen LogP contribution is 2.30. The Balaban J connectivity index is 2.05. The van der Waals surface area contributed by atoms with E-state index in [2.05, 4.69) is 36.0 Å². The van der Waals surface area contributed by atoms with Gasteiger partial charge in [0.05, 0.1) is 11.2 Å². The smallest absolute Gasteiger partial charge is 0.354 e. The molecule has 0 radical (unpaired) electrons. The molecule has 1 aromatic carbocycles. The van der Waals surface area contributed by atoms with Gasteiger partial charge in [0.15, 0.2) is 0 Å². The van der Waals surface area contributed by atoms with Gasteiger partial charge in [-0.2, -0.15) is 0 Å². The van der Waals surface area contributed by atoms with E-state index in [1.165, 1.54) is 11.1 Å². The van der Waals surface area contributed by atoms with Crippen LogP contribution in [0, 0.1) is 0 Å². The highest BCUT2D eigenvalue weighted by atomic mass is 16.4. The van der Waals surface area contributed by atoms with Crippen molar-refractivity contribution in [2.75, 3.05) is 11.4 Å². The van der Waals surface area contributed by atoms with Crippen molar-refractivity contribution < 1.29 is 9.90 Å². The lowest BCUT2D eigenvalue weighted by molar-refractivity contribution is 0.0691. The summed E-state index contributed by atoms with van der Waals surface area (Å²) in [5, 5.41) is 10.0. The third-order valence-electron chi connectivity index (χ3n) is 4.09. The van der Waals surface area contributed by atoms with Crippen molar-refractivity contribution in [1.82, 2.24) is 4.98 Å². The van der Waals surface area contributed by atoms with E-state index in [-0.39, 0.29) is 5.69 Å². The summed E-state index contributed by atoms with van der Waals surface area (Å²) in [4.78, 5) is 17.5. The molecule has 4 nitrogen and oxygen atoms in total. The van der Waals surface area contributed by atoms with Gasteiger partial charge in [0.1, 0.15) is 5.69 Å². The molecule has 0 atom stereocenters. The summed E-state index contributed by atoms with van der Waals surface area (Å²) in [6.45, 7) is 5.16. The minimum absolute atomic E-state index is 0.0730. The van der Waals surface area contributed by atoms with Crippen LogP contribution in [0.4, 0.5) is 5.69 Å². The number of pyridine rings is 1. The van der Waals surface area contributed by atoms with E-state index >= 15 is 0 Å². The first kappa shape index (κ1) is 14.3. The van der Waals surface area contributed by atoms with Gasteiger partial charge in [-0.1, -0.05) is 13.0 Å². The topological polar surface area (TPSA) is 53.4 Å². The Morgan fingerprint density at radius 2 is 2.14 bits per heavy atom. The van der Waals surface area contributed by atoms with Crippen molar-refractivity contribution in [3.05, 3.63) is 59.4 Å². The van der Waals surface area contributed by atoms with E-state index in [1.54, 1.807) is 6.07 Å². The summed E-state index contributed by atoms with van der Waals surface area (Å²) in [5.41, 5.74) is 4.57. The number of allylic oxidation sites excluding steroid dienone is 2. The molecule has 1 N–H and O–H groups in total. The van der Waals surface area contributed by atoms with E-state index in [0.717, 1.165) is 24.0 Å². The molecule has 112 valence electrons. The second-order valence-corrected chi connectivity index (χ2v) is 5.43. The molecule has 0 saturated heterocycles. The maximum atomic E-state index is 11.1. The van der Waals surface area contributed by atoms with E-state index in [9.17, 15) is 4.79 Å². The second kappa shape index (κ2) is 5.64. The summed E-state index contributed by atoms with van der Waals surface area (Å²) in [7, 11) is 0. The quantitative estimate of drug-likeness (QED) is 0.930. The van der Waals surface area contributed by atoms with Crippen LogP contribution in [0.25, 0.3) is 10.9 Å². The molecule has 4 heteroatoms. The number of carboxylic acids is 1. The summed E-state index contributed by atoms with van der Waals surface area (Å²) in [6.07, 6.45) is 5.23. The molecule has 0 amide bonds. The van der Waals surface area contributed by atoms with Crippen molar-refractivity contribution in [2.45, 2.75) is 20.3 Å². The van der Waals surface area contributed by atoms with Crippen molar-refractivity contribution in [1.29, 1.82) is 0 Å². The zero-order chi connectivity index (χ0) is 15.7. The fraction of sp³-hybridized carbons (Fsp3) is 0.222. The molecule has 0 bridgehead atoms. The molecule has 3 rings (SSSR count). The number of hydrogen-bond donors (Lipinski definition) is 1. The molecule has 0 spiro atoms. The average Bonchev–Trinajstić information content (AvgIpc) is 2.54. The van der Waals surface area contributed by atoms with Crippen molar-refractivity contribution in [3.8, 4) is 0 Å². The summed E-state index contributed by atoms with van der Waals surface area (Å²) < 4.78 is 0. The lowest BCUT2D eigenvalue weighted by atomic mass is 10.0. The zero-order valence-electron chi connectivity index (χ0n) is 12.7. The first-order valence-corrected chi connectivity index (χ1v) is 7.36. The van der Waals surface area contributed by atoms with Gasteiger partial charge in [-0.05, 0) is 54.8 Å². The summed E-state index contributed by atoms with van der Waals surface area (Å²) in [6, 6.07) is 9.21. The van der Waals surface area contributed by atoms with E-state index < -0.39 is 5.97 Å². The van der Waals surface area contributed by atoms with Crippen LogP contribution in [-0.2, 0) is 0 Å². The number of nitrogens with zero attached hydrogens (tertiary/aromatic N) is 2. The number of aromatic carboxylic acids is 1. The van der Waals surface area contributed by atoms with Gasteiger partial charge < -0.3 is 10.0 Å². The van der Waals surface area contributed by atoms with Gasteiger partial charge in [-0.15, -0.1) is 0 Å². The number of hydrogen-bond acceptors (Lipinski definition) is 3. The maximum absolute atomic E-state index is 11.1. The van der Waals surface area contributed by atoms with E-state index in [1.807, 2.05) is 24.3 Å². The summed E-state index contributed by atoms with van der Waals surface area (Å²) in [5.74, 6) is -1.00. The normalized spacial score (nSPS) is 14.7. The molecule has 2 heterocycles. The fourth-order valence-electron chi connectivity index (χ4n) is 2.77. The first-order valence-electron chi connectivity index (χ1n) is 7.36. The monoisotopic (exact) mass is 294 g/mol. The van der Waals surface area contributed by atoms with E-state index in [4.69, 9.17) is 5.11 Å². The van der Waals surface area contributed by atoms with Crippen LogP contribution in [-0.4, -0.2) is 22.6 Å². The highest BCUT2D eigenvalue weighted by Gasteiger charge is 2.15. The maximum Gasteiger partial charge on any atom is 0.354 e. The third kappa shape index (κ3) is 2.48. The molecule has 0 unspecified atom stereocenters. The van der Waals surface area contributed by atoms with Crippen LogP contribution in [0.5, 0.6) is 0 Å². The molecule has 1 aliphatic heterocycles. The van der Waals surface area contributed by atoms with Crippen molar-refractivity contribution in [2.24, 2.45) is 0 Å². The Bertz CT molecular complexity index is 806. The van der Waals surface area contributed by atoms with Crippen LogP contribution < -0.4 is 4.90 Å². The molecule has 1 aliphatic rings. The number of carboxylic acid groups (broad SMARTS) is 1. The number of carbonyl (C=O) groups is 1. The Morgan fingerprint density at radius 1 is 1.32 bits per heavy atom. The van der Waals surface area contributed by atoms with Gasteiger partial charge in [-0.3, -0.25) is 0 Å². The van der Waals surface area contributed by atoms with Crippen LogP contribution in [0.3, 0.4) is 0 Å². The SMILES string of the molecule is CCC1=C(C)C=CN(c2cccc3nc(C(=O)O)ccc23)C1. The number of fused-ring (bicyclic) bond motifs is 1. The van der Waals surface area contributed by atoms with E-state index in [0.29, 0.717) is 5.52 Å². The number of aromatic nitrogens is 1. The van der Waals surface area contributed by atoms with Gasteiger partial charge >= 0.3 is 5.97 Å². The molecule has 0 aliphatic carbocycles. The van der Waals surface area contributed by atoms with Crippen LogP contribution in [0.15, 0.2) is 53.8 Å². The predicted octanol–water partition coefficient (Wildman–Crippen LogP) is 3.99. The van der Waals surface area contributed by atoms with Gasteiger partial charge in [-0.25, -0.2) is 9.78 Å². The zero-order valence-corrected chi connectivity index (χ0v) is 12.7. The van der Waals surface area contributed by atoms with Gasteiger partial charge in [0.25, 0.3) is 0 Å². The highest BCUT2D eigenvalue weighted by molar-refractivity contribution is 5.96. The molecule has 22 heavy (non-hydrogen) atoms. The Kier molecular flexibility index (Phi) is 3.67. The minimum atomic E-state index is -1.00. The Hall–Kier alpha value is -2.62. The lowest BCUT2D eigenvalue weighted by Crippen LogP contribution is -2.22. The number of rotatable bonds is 3. The molecular formula is C18H18N2O2. The van der Waals surface area contributed by atoms with Crippen molar-refractivity contribution in [3.63, 3.8) is 0 Å². The Morgan fingerprint density at radius 3 is 2.86 bits per heavy atom. The number of anilines is 1. The Labute approximate surface area is 129 Å². The van der Waals surface area contributed by atoms with Gasteiger partial charge in [0.2, 0.25) is 0 Å². The van der Waals surface area contributed by atoms with Crippen molar-refractivity contribution >= 4 is 22.6 Å². The van der Waals surface area contributed by atoms with Crippen LogP contribution in [0.1, 0.15) is 30.8 Å². The fourth-order valence-corrected chi connectivity index (χ4v) is 2.77. The largest absolute Gasteiger partial charge is 0.477 e. The molecule has 1 aromatic heterocycles. The lowest BCUT2D eigenvalue weighted by Gasteiger charge is -2.27. The second-order valence-electron chi connectivity index (χ2n) is 5.43. The third-order valence-corrected chi connectivity index (χ3v) is 4.09. The summed E-state index contributed by atoms with van der Waals surface area (Å²) >= 11 is 0. The average molecular weight is 294 g/mol. The molecular weight excluding hydrogens is 276 g/mol. The standard InChI is InChI=1S/C18H18N2O2/c1-3-13-11-20(10-9-12(13)2)17-6-4-5-15-14(17)7-8-16(19-15)18(21)22/h4-10H,3,11H2,1-2H3,(H,21,22). The van der Waals surface area contributed by atoms with Crippen LogP contribution in [0.2, 0.25) is 0 Å².